The Bertz CT molecular complexity index is 1360. The summed E-state index contributed by atoms with van der Waals surface area (Å²) in [7, 11) is 0. The van der Waals surface area contributed by atoms with Crippen LogP contribution in [0, 0.1) is 0 Å². The molecule has 0 bridgehead atoms. The standard InChI is InChI=1S/2C14H12N2O3.Fe/c2*17-12-7-3-1-5-10(12)9-15-16-14(19)11-6-2-4-8-13(11)18;/h2*1-9,17-18H,(H,16,19);/q;;+2/p-2/b15-9+;;. The van der Waals surface area contributed by atoms with Crippen LogP contribution >= 0.6 is 0 Å². The Labute approximate surface area is 234 Å². The Balaban J connectivity index is 0.000000267. The normalized spacial score (nSPS) is 10.3. The number of phenols is 2. The summed E-state index contributed by atoms with van der Waals surface area (Å²) in [5, 5.41) is 49.1. The van der Waals surface area contributed by atoms with Gasteiger partial charge in [0.2, 0.25) is 0 Å². The molecular formula is C28H22FeN4O6. The number of phenolic OH excluding ortho intramolecular Hbond substituents is 2. The van der Waals surface area contributed by atoms with Crippen LogP contribution in [0.4, 0.5) is 0 Å². The molecule has 0 aromatic heterocycles. The minimum atomic E-state index is -0.544. The van der Waals surface area contributed by atoms with E-state index in [1.54, 1.807) is 60.7 Å². The molecule has 2 amide bonds. The van der Waals surface area contributed by atoms with Crippen molar-refractivity contribution >= 4 is 24.2 Å². The quantitative estimate of drug-likeness (QED) is 0.159. The maximum atomic E-state index is 11.7. The molecule has 0 saturated carbocycles. The fourth-order valence-corrected chi connectivity index (χ4v) is 2.95. The van der Waals surface area contributed by atoms with Crippen LogP contribution in [-0.4, -0.2) is 34.5 Å². The molecule has 0 fully saturated rings. The number of nitrogens with zero attached hydrogens (tertiary/aromatic N) is 2. The first-order valence-corrected chi connectivity index (χ1v) is 11.1. The summed E-state index contributed by atoms with van der Waals surface area (Å²) in [6.45, 7) is 0. The fraction of sp³-hybridized carbons (Fsp3) is 0. The van der Waals surface area contributed by atoms with Crippen molar-refractivity contribution in [2.45, 2.75) is 0 Å². The molecule has 11 heteroatoms. The number of benzene rings is 4. The van der Waals surface area contributed by atoms with E-state index in [1.165, 1.54) is 48.8 Å². The van der Waals surface area contributed by atoms with Crippen molar-refractivity contribution in [1.29, 1.82) is 0 Å². The Morgan fingerprint density at radius 2 is 0.923 bits per heavy atom. The van der Waals surface area contributed by atoms with Crippen LogP contribution in [0.2, 0.25) is 0 Å². The zero-order chi connectivity index (χ0) is 27.3. The van der Waals surface area contributed by atoms with E-state index in [2.05, 4.69) is 21.1 Å². The summed E-state index contributed by atoms with van der Waals surface area (Å²) in [6, 6.07) is 24.9. The predicted octanol–water partition coefficient (Wildman–Crippen LogP) is 2.46. The number of carbonyl (C=O) groups excluding carboxylic acids is 2. The van der Waals surface area contributed by atoms with Crippen molar-refractivity contribution in [3.63, 3.8) is 0 Å². The van der Waals surface area contributed by atoms with E-state index in [-0.39, 0.29) is 51.2 Å². The van der Waals surface area contributed by atoms with Gasteiger partial charge in [-0.1, -0.05) is 84.3 Å². The number of para-hydroxylation sites is 4. The number of amides is 2. The summed E-state index contributed by atoms with van der Waals surface area (Å²) >= 11 is 0. The molecule has 0 aliphatic carbocycles. The first-order chi connectivity index (χ1) is 18.4. The molecule has 0 unspecified atom stereocenters. The second-order valence-corrected chi connectivity index (χ2v) is 7.51. The SMILES string of the molecule is O=C(N/N=C/c1ccccc1[O-])c1ccccc1O.O=C(NN=Cc1ccccc1[O-])c1ccccc1O.[Fe+2]. The number of nitrogens with one attached hydrogen (secondary N) is 2. The second kappa shape index (κ2) is 15.2. The largest absolute Gasteiger partial charge is 2.00 e. The van der Waals surface area contributed by atoms with Crippen LogP contribution in [0.3, 0.4) is 0 Å². The molecule has 4 rings (SSSR count). The molecule has 0 atom stereocenters. The summed E-state index contributed by atoms with van der Waals surface area (Å²) in [6.07, 6.45) is 2.53. The minimum Gasteiger partial charge on any atom is -0.872 e. The summed E-state index contributed by atoms with van der Waals surface area (Å²) in [5.74, 6) is -1.69. The maximum absolute atomic E-state index is 11.7. The van der Waals surface area contributed by atoms with Crippen molar-refractivity contribution in [1.82, 2.24) is 10.9 Å². The van der Waals surface area contributed by atoms with E-state index in [4.69, 9.17) is 0 Å². The van der Waals surface area contributed by atoms with Gasteiger partial charge in [-0.05, 0) is 35.4 Å². The van der Waals surface area contributed by atoms with Crippen LogP contribution in [0.5, 0.6) is 23.0 Å². The van der Waals surface area contributed by atoms with Gasteiger partial charge in [-0.3, -0.25) is 9.59 Å². The van der Waals surface area contributed by atoms with Gasteiger partial charge in [0.05, 0.1) is 23.6 Å². The monoisotopic (exact) mass is 566 g/mol. The van der Waals surface area contributed by atoms with Crippen molar-refractivity contribution < 1.29 is 47.1 Å². The van der Waals surface area contributed by atoms with Crippen molar-refractivity contribution in [2.75, 3.05) is 0 Å². The van der Waals surface area contributed by atoms with E-state index in [0.717, 1.165) is 0 Å². The number of aromatic hydroxyl groups is 2. The van der Waals surface area contributed by atoms with Gasteiger partial charge < -0.3 is 20.4 Å². The third kappa shape index (κ3) is 9.04. The van der Waals surface area contributed by atoms with Crippen molar-refractivity contribution in [3.05, 3.63) is 119 Å². The molecule has 0 aliphatic rings. The zero-order valence-electron chi connectivity index (χ0n) is 20.2. The number of hydrogen-bond donors (Lipinski definition) is 4. The average molecular weight is 566 g/mol. The minimum absolute atomic E-state index is 0. The number of hydrazone groups is 2. The molecular weight excluding hydrogens is 544 g/mol. The van der Waals surface area contributed by atoms with Gasteiger partial charge in [0.1, 0.15) is 11.5 Å². The van der Waals surface area contributed by atoms with E-state index in [0.29, 0.717) is 11.1 Å². The van der Waals surface area contributed by atoms with E-state index < -0.39 is 11.8 Å². The van der Waals surface area contributed by atoms with E-state index >= 15 is 0 Å². The average Bonchev–Trinajstić information content (AvgIpc) is 2.91. The third-order valence-corrected chi connectivity index (χ3v) is 4.87. The Kier molecular flexibility index (Phi) is 11.7. The van der Waals surface area contributed by atoms with Gasteiger partial charge >= 0.3 is 17.1 Å². The molecule has 4 aromatic rings. The molecule has 39 heavy (non-hydrogen) atoms. The van der Waals surface area contributed by atoms with Gasteiger partial charge in [-0.2, -0.15) is 10.2 Å². The van der Waals surface area contributed by atoms with Crippen molar-refractivity contribution in [2.24, 2.45) is 10.2 Å². The van der Waals surface area contributed by atoms with Crippen LogP contribution in [0.1, 0.15) is 31.8 Å². The maximum Gasteiger partial charge on any atom is 2.00 e. The third-order valence-electron chi connectivity index (χ3n) is 4.87. The molecule has 0 aliphatic heterocycles. The van der Waals surface area contributed by atoms with E-state index in [1.807, 2.05) is 0 Å². The van der Waals surface area contributed by atoms with Crippen molar-refractivity contribution in [3.8, 4) is 23.0 Å². The van der Waals surface area contributed by atoms with Gasteiger partial charge in [0.15, 0.2) is 0 Å². The number of hydrogen-bond acceptors (Lipinski definition) is 8. The topological polar surface area (TPSA) is 169 Å². The van der Waals surface area contributed by atoms with Gasteiger partial charge in [0.25, 0.3) is 11.8 Å². The van der Waals surface area contributed by atoms with Gasteiger partial charge in [-0.25, -0.2) is 10.9 Å². The smallest absolute Gasteiger partial charge is 0.872 e. The number of rotatable bonds is 6. The van der Waals surface area contributed by atoms with Crippen LogP contribution in [-0.2, 0) is 17.1 Å². The first-order valence-electron chi connectivity index (χ1n) is 11.1. The molecule has 4 N–H and O–H groups in total. The predicted molar refractivity (Wildman–Crippen MR) is 138 cm³/mol. The Hall–Kier alpha value is -5.12. The van der Waals surface area contributed by atoms with Crippen LogP contribution in [0.25, 0.3) is 0 Å². The molecule has 198 valence electrons. The second-order valence-electron chi connectivity index (χ2n) is 7.51. The number of carbonyl (C=O) groups is 2. The molecule has 10 nitrogen and oxygen atoms in total. The summed E-state index contributed by atoms with van der Waals surface area (Å²) in [4.78, 5) is 23.4. The molecule has 0 heterocycles. The molecule has 0 saturated heterocycles. The summed E-state index contributed by atoms with van der Waals surface area (Å²) < 4.78 is 0. The molecule has 4 aromatic carbocycles. The van der Waals surface area contributed by atoms with Crippen LogP contribution in [0.15, 0.2) is 107 Å². The van der Waals surface area contributed by atoms with E-state index in [9.17, 15) is 30.0 Å². The Morgan fingerprint density at radius 1 is 0.590 bits per heavy atom. The zero-order valence-corrected chi connectivity index (χ0v) is 21.3. The van der Waals surface area contributed by atoms with Crippen LogP contribution < -0.4 is 21.1 Å². The van der Waals surface area contributed by atoms with Gasteiger partial charge in [-0.15, -0.1) is 0 Å². The summed E-state index contributed by atoms with van der Waals surface area (Å²) in [5.41, 5.74) is 5.49. The Morgan fingerprint density at radius 3 is 1.28 bits per heavy atom. The molecule has 0 radical (unpaired) electrons. The molecule has 0 spiro atoms. The first kappa shape index (κ1) is 30.1. The fourth-order valence-electron chi connectivity index (χ4n) is 2.95. The van der Waals surface area contributed by atoms with Gasteiger partial charge in [0, 0.05) is 0 Å².